The van der Waals surface area contributed by atoms with Gasteiger partial charge in [-0.25, -0.2) is 18.1 Å². The molecular formula is C19H19N7O2S. The van der Waals surface area contributed by atoms with Crippen molar-refractivity contribution in [3.05, 3.63) is 35.8 Å². The number of fused-ring (bicyclic) bond motifs is 1. The zero-order valence-corrected chi connectivity index (χ0v) is 16.8. The maximum atomic E-state index is 13.0. The van der Waals surface area contributed by atoms with Gasteiger partial charge in [0.05, 0.1) is 22.1 Å². The number of nitrogens with one attached hydrogen (secondary N) is 1. The summed E-state index contributed by atoms with van der Waals surface area (Å²) in [5, 5.41) is 9.15. The highest BCUT2D eigenvalue weighted by atomic mass is 32.2. The maximum absolute atomic E-state index is 13.0. The van der Waals surface area contributed by atoms with E-state index in [9.17, 15) is 8.42 Å². The third kappa shape index (κ3) is 2.62. The molecule has 0 aliphatic heterocycles. The summed E-state index contributed by atoms with van der Waals surface area (Å²) in [5.74, 6) is 1.19. The first-order valence-corrected chi connectivity index (χ1v) is 10.7. The number of anilines is 1. The van der Waals surface area contributed by atoms with Crippen LogP contribution in [0.1, 0.15) is 30.7 Å². The van der Waals surface area contributed by atoms with Gasteiger partial charge in [0.2, 0.25) is 21.7 Å². The molecule has 0 unspecified atom stereocenters. The molecule has 3 N–H and O–H groups in total. The number of sulfonamides is 1. The highest BCUT2D eigenvalue weighted by Crippen LogP contribution is 2.67. The molecule has 2 heterocycles. The van der Waals surface area contributed by atoms with Gasteiger partial charge in [0.25, 0.3) is 0 Å². The summed E-state index contributed by atoms with van der Waals surface area (Å²) in [6.07, 6.45) is 3.45. The fourth-order valence-electron chi connectivity index (χ4n) is 4.54. The van der Waals surface area contributed by atoms with E-state index in [1.54, 1.807) is 35.7 Å². The Labute approximate surface area is 167 Å². The molecular weight excluding hydrogens is 390 g/mol. The van der Waals surface area contributed by atoms with E-state index in [0.29, 0.717) is 42.1 Å². The van der Waals surface area contributed by atoms with E-state index in [2.05, 4.69) is 25.7 Å². The lowest BCUT2D eigenvalue weighted by molar-refractivity contribution is -0.0946. The van der Waals surface area contributed by atoms with Crippen molar-refractivity contribution in [2.75, 3.05) is 5.73 Å². The first kappa shape index (κ1) is 18.0. The molecule has 2 aromatic heterocycles. The maximum Gasteiger partial charge on any atom is 0.241 e. The third-order valence-corrected chi connectivity index (χ3v) is 7.46. The lowest BCUT2D eigenvalue weighted by Crippen LogP contribution is -2.74. The molecule has 0 saturated heterocycles. The summed E-state index contributed by atoms with van der Waals surface area (Å²) in [4.78, 5) is 13.1. The Kier molecular flexibility index (Phi) is 3.43. The number of nitrogens with zero attached hydrogens (tertiary/aromatic N) is 5. The molecule has 0 spiro atoms. The summed E-state index contributed by atoms with van der Waals surface area (Å²) in [6.45, 7) is 3.62. The van der Waals surface area contributed by atoms with E-state index < -0.39 is 15.6 Å². The van der Waals surface area contributed by atoms with Gasteiger partial charge in [-0.2, -0.15) is 15.2 Å². The molecule has 6 rings (SSSR count). The van der Waals surface area contributed by atoms with E-state index >= 15 is 0 Å². The van der Waals surface area contributed by atoms with Crippen molar-refractivity contribution < 1.29 is 8.42 Å². The molecule has 148 valence electrons. The summed E-state index contributed by atoms with van der Waals surface area (Å²) in [5.41, 5.74) is 7.29. The Hall–Kier alpha value is -3.03. The van der Waals surface area contributed by atoms with Crippen LogP contribution in [0, 0.1) is 30.6 Å². The number of hydrogen-bond acceptors (Lipinski definition) is 7. The zero-order chi connectivity index (χ0) is 20.6. The van der Waals surface area contributed by atoms with Crippen LogP contribution in [0.2, 0.25) is 0 Å². The van der Waals surface area contributed by atoms with Crippen molar-refractivity contribution >= 4 is 21.7 Å². The topological polar surface area (TPSA) is 139 Å². The minimum Gasteiger partial charge on any atom is -0.369 e. The van der Waals surface area contributed by atoms with Crippen LogP contribution in [0.3, 0.4) is 0 Å². The van der Waals surface area contributed by atoms with Crippen LogP contribution >= 0.6 is 0 Å². The zero-order valence-electron chi connectivity index (χ0n) is 16.0. The fraction of sp³-hybridized carbons (Fsp3) is 0.368. The van der Waals surface area contributed by atoms with Crippen LogP contribution in [0.5, 0.6) is 0 Å². The number of rotatable bonds is 4. The minimum absolute atomic E-state index is 0.168. The minimum atomic E-state index is -3.71. The average Bonchev–Trinajstić information content (AvgIpc) is 3.01. The fourth-order valence-corrected chi connectivity index (χ4v) is 5.96. The van der Waals surface area contributed by atoms with Crippen molar-refractivity contribution in [1.82, 2.24) is 24.1 Å². The SMILES string of the molecule is Cc1nc(N)n2cc(-c3cc(S(=O)(=O)NC45CC(C#N)(C4)C5)ccc3C)nc2n1. The van der Waals surface area contributed by atoms with Gasteiger partial charge in [-0.05, 0) is 50.8 Å². The Balaban J connectivity index is 1.51. The first-order valence-electron chi connectivity index (χ1n) is 9.20. The van der Waals surface area contributed by atoms with Gasteiger partial charge in [-0.15, -0.1) is 0 Å². The Morgan fingerprint density at radius 2 is 1.93 bits per heavy atom. The Morgan fingerprint density at radius 1 is 1.21 bits per heavy atom. The quantitative estimate of drug-likeness (QED) is 0.668. The van der Waals surface area contributed by atoms with E-state index in [1.165, 1.54) is 0 Å². The third-order valence-electron chi connectivity index (χ3n) is 5.89. The van der Waals surface area contributed by atoms with Crippen LogP contribution in [0.15, 0.2) is 29.3 Å². The molecule has 2 bridgehead atoms. The lowest BCUT2D eigenvalue weighted by Gasteiger charge is -2.66. The predicted octanol–water partition coefficient (Wildman–Crippen LogP) is 1.71. The normalized spacial score (nSPS) is 25.3. The summed E-state index contributed by atoms with van der Waals surface area (Å²) in [6, 6.07) is 7.24. The number of nitrogens with two attached hydrogens (primary N) is 1. The number of hydrogen-bond donors (Lipinski definition) is 2. The highest BCUT2D eigenvalue weighted by Gasteiger charge is 2.69. The van der Waals surface area contributed by atoms with Crippen LogP contribution in [-0.2, 0) is 10.0 Å². The standard InChI is InChI=1S/C19H19N7O2S/c1-11-3-4-13(29(27,28)25-19-7-18(8-19,9-19)10-20)5-14(11)15-6-26-16(21)22-12(2)23-17(26)24-15/h3-6,25H,7-9H2,1-2H3,(H2,21,22,23,24). The molecule has 0 atom stereocenters. The molecule has 9 nitrogen and oxygen atoms in total. The van der Waals surface area contributed by atoms with Gasteiger partial charge in [0.15, 0.2) is 0 Å². The lowest BCUT2D eigenvalue weighted by atomic mass is 9.40. The van der Waals surface area contributed by atoms with E-state index in [0.717, 1.165) is 5.56 Å². The van der Waals surface area contributed by atoms with Crippen molar-refractivity contribution in [1.29, 1.82) is 5.26 Å². The van der Waals surface area contributed by atoms with E-state index in [4.69, 9.17) is 11.0 Å². The van der Waals surface area contributed by atoms with Crippen molar-refractivity contribution in [3.8, 4) is 17.3 Å². The van der Waals surface area contributed by atoms with Gasteiger partial charge >= 0.3 is 0 Å². The van der Waals surface area contributed by atoms with Gasteiger partial charge in [0.1, 0.15) is 5.82 Å². The largest absolute Gasteiger partial charge is 0.369 e. The number of nitrogen functional groups attached to an aromatic ring is 1. The number of aromatic nitrogens is 4. The highest BCUT2D eigenvalue weighted by molar-refractivity contribution is 7.89. The van der Waals surface area contributed by atoms with Crippen LogP contribution < -0.4 is 10.5 Å². The van der Waals surface area contributed by atoms with E-state index in [1.807, 2.05) is 6.92 Å². The summed E-state index contributed by atoms with van der Waals surface area (Å²) >= 11 is 0. The molecule has 3 aliphatic rings. The van der Waals surface area contributed by atoms with Crippen LogP contribution in [0.25, 0.3) is 17.0 Å². The monoisotopic (exact) mass is 409 g/mol. The van der Waals surface area contributed by atoms with Gasteiger partial charge in [-0.1, -0.05) is 6.07 Å². The van der Waals surface area contributed by atoms with E-state index in [-0.39, 0.29) is 16.3 Å². The number of benzene rings is 1. The molecule has 10 heteroatoms. The van der Waals surface area contributed by atoms with Gasteiger partial charge < -0.3 is 5.73 Å². The predicted molar refractivity (Wildman–Crippen MR) is 105 cm³/mol. The molecule has 0 radical (unpaired) electrons. The second-order valence-corrected chi connectivity index (χ2v) is 9.89. The second kappa shape index (κ2) is 5.52. The van der Waals surface area contributed by atoms with Gasteiger partial charge in [-0.3, -0.25) is 4.40 Å². The summed E-state index contributed by atoms with van der Waals surface area (Å²) in [7, 11) is -3.71. The molecule has 1 aromatic carbocycles. The Bertz CT molecular complexity index is 1320. The molecule has 3 saturated carbocycles. The van der Waals surface area contributed by atoms with Gasteiger partial charge in [0, 0.05) is 17.3 Å². The smallest absolute Gasteiger partial charge is 0.241 e. The van der Waals surface area contributed by atoms with Crippen LogP contribution in [-0.4, -0.2) is 33.3 Å². The van der Waals surface area contributed by atoms with Crippen molar-refractivity contribution in [3.63, 3.8) is 0 Å². The molecule has 0 amide bonds. The molecule has 29 heavy (non-hydrogen) atoms. The first-order chi connectivity index (χ1) is 13.6. The van der Waals surface area contributed by atoms with Crippen molar-refractivity contribution in [2.24, 2.45) is 5.41 Å². The Morgan fingerprint density at radius 3 is 2.62 bits per heavy atom. The number of aryl methyl sites for hydroxylation is 2. The van der Waals surface area contributed by atoms with Crippen LogP contribution in [0.4, 0.5) is 5.95 Å². The second-order valence-electron chi connectivity index (χ2n) is 8.21. The molecule has 3 aliphatic carbocycles. The molecule has 3 aromatic rings. The number of nitriles is 1. The van der Waals surface area contributed by atoms with Crippen molar-refractivity contribution in [2.45, 2.75) is 43.5 Å². The average molecular weight is 409 g/mol. The summed E-state index contributed by atoms with van der Waals surface area (Å²) < 4.78 is 30.3. The number of imidazole rings is 1. The molecule has 3 fully saturated rings.